The van der Waals surface area contributed by atoms with Crippen LogP contribution in [0.25, 0.3) is 0 Å². The zero-order valence-corrected chi connectivity index (χ0v) is 12.5. The Bertz CT molecular complexity index is 499. The molecular weight excluding hydrogens is 296 g/mol. The monoisotopic (exact) mass is 315 g/mol. The van der Waals surface area contributed by atoms with Gasteiger partial charge in [-0.15, -0.1) is 11.8 Å². The van der Waals surface area contributed by atoms with Crippen molar-refractivity contribution >= 4 is 17.7 Å². The topological polar surface area (TPSA) is 49.3 Å². The third-order valence-electron chi connectivity index (χ3n) is 3.68. The molecule has 2 atom stereocenters. The van der Waals surface area contributed by atoms with Crippen LogP contribution in [0.4, 0.5) is 8.78 Å². The highest BCUT2D eigenvalue weighted by Gasteiger charge is 2.23. The minimum Gasteiger partial charge on any atom is -0.393 e. The fraction of sp³-hybridized carbons (Fsp3) is 0.533. The molecule has 3 nitrogen and oxygen atoms in total. The maximum Gasteiger partial charge on any atom is 0.230 e. The molecule has 6 heteroatoms. The molecule has 1 aromatic carbocycles. The predicted octanol–water partition coefficient (Wildman–Crippen LogP) is 2.72. The standard InChI is InChI=1S/C15H19F2NO2S/c16-11-5-6-14(12(17)7-11)21-9-15(20)18-8-10-3-1-2-4-13(10)19/h5-7,10,13,19H,1-4,8-9H2,(H,18,20). The van der Waals surface area contributed by atoms with Crippen LogP contribution in [0.5, 0.6) is 0 Å². The van der Waals surface area contributed by atoms with Gasteiger partial charge in [-0.1, -0.05) is 12.8 Å². The first-order valence-electron chi connectivity index (χ1n) is 7.09. The van der Waals surface area contributed by atoms with E-state index < -0.39 is 11.6 Å². The molecular formula is C15H19F2NO2S. The summed E-state index contributed by atoms with van der Waals surface area (Å²) in [4.78, 5) is 12.0. The smallest absolute Gasteiger partial charge is 0.230 e. The van der Waals surface area contributed by atoms with E-state index in [0.29, 0.717) is 6.54 Å². The zero-order chi connectivity index (χ0) is 15.2. The predicted molar refractivity (Wildman–Crippen MR) is 78.1 cm³/mol. The molecule has 2 unspecified atom stereocenters. The molecule has 0 heterocycles. The van der Waals surface area contributed by atoms with E-state index in [1.165, 1.54) is 12.1 Å². The van der Waals surface area contributed by atoms with E-state index in [4.69, 9.17) is 0 Å². The van der Waals surface area contributed by atoms with Crippen molar-refractivity contribution in [3.63, 3.8) is 0 Å². The van der Waals surface area contributed by atoms with E-state index >= 15 is 0 Å². The lowest BCUT2D eigenvalue weighted by molar-refractivity contribution is -0.119. The van der Waals surface area contributed by atoms with Crippen LogP contribution in [0, 0.1) is 17.6 Å². The highest BCUT2D eigenvalue weighted by molar-refractivity contribution is 8.00. The van der Waals surface area contributed by atoms with Gasteiger partial charge in [0.2, 0.25) is 5.91 Å². The molecule has 2 N–H and O–H groups in total. The Hall–Kier alpha value is -1.14. The summed E-state index contributed by atoms with van der Waals surface area (Å²) in [6.07, 6.45) is 3.47. The van der Waals surface area contributed by atoms with Crippen molar-refractivity contribution in [2.45, 2.75) is 36.7 Å². The second-order valence-corrected chi connectivity index (χ2v) is 6.30. The molecule has 0 radical (unpaired) electrons. The molecule has 1 aliphatic carbocycles. The number of rotatable bonds is 5. The largest absolute Gasteiger partial charge is 0.393 e. The molecule has 1 saturated carbocycles. The average molecular weight is 315 g/mol. The van der Waals surface area contributed by atoms with Crippen LogP contribution in [-0.2, 0) is 4.79 Å². The van der Waals surface area contributed by atoms with E-state index in [9.17, 15) is 18.7 Å². The van der Waals surface area contributed by atoms with E-state index in [0.717, 1.165) is 43.5 Å². The highest BCUT2D eigenvalue weighted by atomic mass is 32.2. The molecule has 1 aromatic rings. The first kappa shape index (κ1) is 16.2. The number of hydrogen-bond donors (Lipinski definition) is 2. The first-order valence-corrected chi connectivity index (χ1v) is 8.07. The summed E-state index contributed by atoms with van der Waals surface area (Å²) in [5.41, 5.74) is 0. The van der Waals surface area contributed by atoms with Gasteiger partial charge in [-0.3, -0.25) is 4.79 Å². The number of hydrogen-bond acceptors (Lipinski definition) is 3. The molecule has 0 saturated heterocycles. The fourth-order valence-corrected chi connectivity index (χ4v) is 3.21. The molecule has 0 aromatic heterocycles. The van der Waals surface area contributed by atoms with Gasteiger partial charge in [0.25, 0.3) is 0 Å². The summed E-state index contributed by atoms with van der Waals surface area (Å²) in [5.74, 6) is -1.31. The summed E-state index contributed by atoms with van der Waals surface area (Å²) >= 11 is 1.04. The number of aliphatic hydroxyl groups excluding tert-OH is 1. The number of carbonyl (C=O) groups excluding carboxylic acids is 1. The lowest BCUT2D eigenvalue weighted by Crippen LogP contribution is -2.37. The number of halogens is 2. The van der Waals surface area contributed by atoms with Gasteiger partial charge >= 0.3 is 0 Å². The minimum absolute atomic E-state index is 0.0748. The number of amides is 1. The van der Waals surface area contributed by atoms with Crippen molar-refractivity contribution in [3.8, 4) is 0 Å². The maximum atomic E-state index is 13.4. The van der Waals surface area contributed by atoms with Gasteiger partial charge in [-0.25, -0.2) is 8.78 Å². The van der Waals surface area contributed by atoms with Crippen LogP contribution >= 0.6 is 11.8 Å². The van der Waals surface area contributed by atoms with Crippen molar-refractivity contribution in [2.24, 2.45) is 5.92 Å². The van der Waals surface area contributed by atoms with Crippen molar-refractivity contribution < 1.29 is 18.7 Å². The van der Waals surface area contributed by atoms with Gasteiger partial charge in [0.05, 0.1) is 11.9 Å². The van der Waals surface area contributed by atoms with Crippen LogP contribution in [0.1, 0.15) is 25.7 Å². The Labute approximate surface area is 127 Å². The summed E-state index contributed by atoms with van der Waals surface area (Å²) in [7, 11) is 0. The SMILES string of the molecule is O=C(CSc1ccc(F)cc1F)NCC1CCCCC1O. The van der Waals surface area contributed by atoms with Crippen molar-refractivity contribution in [2.75, 3.05) is 12.3 Å². The normalized spacial score (nSPS) is 22.0. The summed E-state index contributed by atoms with van der Waals surface area (Å²) < 4.78 is 26.2. The van der Waals surface area contributed by atoms with Crippen LogP contribution in [-0.4, -0.2) is 29.4 Å². The Morgan fingerprint density at radius 2 is 2.10 bits per heavy atom. The average Bonchev–Trinajstić information content (AvgIpc) is 2.45. The van der Waals surface area contributed by atoms with E-state index in [2.05, 4.69) is 5.32 Å². The third-order valence-corrected chi connectivity index (χ3v) is 4.73. The van der Waals surface area contributed by atoms with Crippen LogP contribution in [0.15, 0.2) is 23.1 Å². The second kappa shape index (κ2) is 7.75. The summed E-state index contributed by atoms with van der Waals surface area (Å²) in [5, 5.41) is 12.6. The van der Waals surface area contributed by atoms with Crippen LogP contribution < -0.4 is 5.32 Å². The third kappa shape index (κ3) is 4.97. The Morgan fingerprint density at radius 1 is 1.33 bits per heavy atom. The van der Waals surface area contributed by atoms with Crippen LogP contribution in [0.2, 0.25) is 0 Å². The molecule has 21 heavy (non-hydrogen) atoms. The number of aliphatic hydroxyl groups is 1. The Kier molecular flexibility index (Phi) is 5.99. The van der Waals surface area contributed by atoms with Crippen molar-refractivity contribution in [1.82, 2.24) is 5.32 Å². The van der Waals surface area contributed by atoms with Crippen LogP contribution in [0.3, 0.4) is 0 Å². The molecule has 1 amide bonds. The number of benzene rings is 1. The Balaban J connectivity index is 1.74. The maximum absolute atomic E-state index is 13.4. The lowest BCUT2D eigenvalue weighted by atomic mass is 9.86. The molecule has 116 valence electrons. The first-order chi connectivity index (χ1) is 10.1. The molecule has 2 rings (SSSR count). The van der Waals surface area contributed by atoms with Crippen molar-refractivity contribution in [1.29, 1.82) is 0 Å². The summed E-state index contributed by atoms with van der Waals surface area (Å²) in [6, 6.07) is 3.30. The zero-order valence-electron chi connectivity index (χ0n) is 11.6. The van der Waals surface area contributed by atoms with Crippen molar-refractivity contribution in [3.05, 3.63) is 29.8 Å². The van der Waals surface area contributed by atoms with E-state index in [1.54, 1.807) is 0 Å². The number of nitrogens with one attached hydrogen (secondary N) is 1. The molecule has 0 spiro atoms. The van der Waals surface area contributed by atoms with Gasteiger partial charge < -0.3 is 10.4 Å². The number of carbonyl (C=O) groups is 1. The van der Waals surface area contributed by atoms with E-state index in [1.807, 2.05) is 0 Å². The van der Waals surface area contributed by atoms with Gasteiger partial charge in [0, 0.05) is 23.4 Å². The Morgan fingerprint density at radius 3 is 2.81 bits per heavy atom. The molecule has 0 aliphatic heterocycles. The summed E-state index contributed by atoms with van der Waals surface area (Å²) in [6.45, 7) is 0.451. The number of thioether (sulfide) groups is 1. The lowest BCUT2D eigenvalue weighted by Gasteiger charge is -2.27. The molecule has 1 fully saturated rings. The van der Waals surface area contributed by atoms with Gasteiger partial charge in [0.15, 0.2) is 0 Å². The molecule has 1 aliphatic rings. The quantitative estimate of drug-likeness (QED) is 0.822. The minimum atomic E-state index is -0.657. The van der Waals surface area contributed by atoms with Gasteiger partial charge in [-0.05, 0) is 25.0 Å². The van der Waals surface area contributed by atoms with Gasteiger partial charge in [-0.2, -0.15) is 0 Å². The molecule has 0 bridgehead atoms. The van der Waals surface area contributed by atoms with E-state index in [-0.39, 0.29) is 28.6 Å². The van der Waals surface area contributed by atoms with Gasteiger partial charge in [0.1, 0.15) is 11.6 Å². The fourth-order valence-electron chi connectivity index (χ4n) is 2.46. The second-order valence-electron chi connectivity index (χ2n) is 5.28. The highest BCUT2D eigenvalue weighted by Crippen LogP contribution is 2.24.